The Balaban J connectivity index is 1.97. The molecule has 0 saturated carbocycles. The summed E-state index contributed by atoms with van der Waals surface area (Å²) in [6.07, 6.45) is 8.81. The van der Waals surface area contributed by atoms with Crippen LogP contribution in [0.4, 0.5) is 5.82 Å². The molecule has 4 nitrogen and oxygen atoms in total. The molecule has 2 aromatic heterocycles. The Bertz CT molecular complexity index is 703. The van der Waals surface area contributed by atoms with E-state index in [4.69, 9.17) is 5.73 Å². The Kier molecular flexibility index (Phi) is 4.59. The minimum absolute atomic E-state index is 0.0226. The topological polar surface area (TPSA) is 64.7 Å². The molecule has 2 aromatic rings. The van der Waals surface area contributed by atoms with E-state index in [2.05, 4.69) is 40.6 Å². The number of aromatic nitrogens is 3. The summed E-state index contributed by atoms with van der Waals surface area (Å²) in [4.78, 5) is 14.3. The first-order chi connectivity index (χ1) is 10.6. The van der Waals surface area contributed by atoms with Crippen LogP contribution in [0.15, 0.2) is 22.2 Å². The lowest BCUT2D eigenvalue weighted by Crippen LogP contribution is -2.11. The molecule has 1 atom stereocenters. The maximum Gasteiger partial charge on any atom is 0.141 e. The highest BCUT2D eigenvalue weighted by atomic mass is 32.2. The van der Waals surface area contributed by atoms with Gasteiger partial charge in [-0.05, 0) is 56.1 Å². The van der Waals surface area contributed by atoms with Crippen molar-refractivity contribution in [2.75, 3.05) is 12.0 Å². The van der Waals surface area contributed by atoms with Crippen molar-refractivity contribution >= 4 is 30.2 Å². The number of hydrogen-bond acceptors (Lipinski definition) is 6. The average molecular weight is 332 g/mol. The summed E-state index contributed by atoms with van der Waals surface area (Å²) in [6.45, 7) is 2.08. The third-order valence-corrected chi connectivity index (χ3v) is 5.44. The molecule has 1 aliphatic carbocycles. The number of nitrogens with two attached hydrogens (primary N) is 1. The van der Waals surface area contributed by atoms with Gasteiger partial charge in [-0.3, -0.25) is 4.98 Å². The summed E-state index contributed by atoms with van der Waals surface area (Å²) in [5.41, 5.74) is 9.79. The van der Waals surface area contributed by atoms with E-state index in [1.54, 1.807) is 0 Å². The molecule has 0 aliphatic heterocycles. The van der Waals surface area contributed by atoms with Crippen LogP contribution in [0, 0.1) is 0 Å². The Morgan fingerprint density at radius 2 is 1.95 bits per heavy atom. The fourth-order valence-electron chi connectivity index (χ4n) is 2.81. The van der Waals surface area contributed by atoms with Gasteiger partial charge >= 0.3 is 0 Å². The quantitative estimate of drug-likeness (QED) is 0.512. The predicted molar refractivity (Wildman–Crippen MR) is 93.9 cm³/mol. The third-order valence-electron chi connectivity index (χ3n) is 4.17. The Hall–Kier alpha value is -1.27. The van der Waals surface area contributed by atoms with Crippen molar-refractivity contribution < 1.29 is 0 Å². The van der Waals surface area contributed by atoms with Crippen LogP contribution in [-0.4, -0.2) is 21.2 Å². The number of nitrogen functional groups attached to an aromatic ring is 1. The van der Waals surface area contributed by atoms with E-state index in [1.165, 1.54) is 35.7 Å². The zero-order valence-electron chi connectivity index (χ0n) is 12.8. The molecule has 1 aliphatic rings. The summed E-state index contributed by atoms with van der Waals surface area (Å²) in [5, 5.41) is 0.815. The SMILES string of the molecule is CSc1nc(C(C)c2cc3c(cn2)CCCC3)nc(N)c1S. The normalized spacial score (nSPS) is 15.4. The van der Waals surface area contributed by atoms with Crippen molar-refractivity contribution in [1.82, 2.24) is 15.0 Å². The average Bonchev–Trinajstić information content (AvgIpc) is 2.56. The molecule has 2 heterocycles. The number of rotatable bonds is 3. The summed E-state index contributed by atoms with van der Waals surface area (Å²) in [7, 11) is 0. The van der Waals surface area contributed by atoms with E-state index in [9.17, 15) is 0 Å². The van der Waals surface area contributed by atoms with E-state index in [-0.39, 0.29) is 5.92 Å². The molecule has 1 unspecified atom stereocenters. The van der Waals surface area contributed by atoms with Gasteiger partial charge < -0.3 is 5.73 Å². The number of aryl methyl sites for hydroxylation is 2. The monoisotopic (exact) mass is 332 g/mol. The lowest BCUT2D eigenvalue weighted by molar-refractivity contribution is 0.673. The maximum atomic E-state index is 5.96. The molecule has 3 rings (SSSR count). The molecule has 6 heteroatoms. The highest BCUT2D eigenvalue weighted by Crippen LogP contribution is 2.30. The van der Waals surface area contributed by atoms with Crippen molar-refractivity contribution in [2.45, 2.75) is 48.4 Å². The third kappa shape index (κ3) is 2.94. The van der Waals surface area contributed by atoms with Gasteiger partial charge in [-0.1, -0.05) is 0 Å². The van der Waals surface area contributed by atoms with Crippen molar-refractivity contribution in [2.24, 2.45) is 0 Å². The van der Waals surface area contributed by atoms with Crippen LogP contribution < -0.4 is 5.73 Å². The summed E-state index contributed by atoms with van der Waals surface area (Å²) in [6, 6.07) is 2.21. The number of nitrogens with zero attached hydrogens (tertiary/aromatic N) is 3. The minimum Gasteiger partial charge on any atom is -0.383 e. The van der Waals surface area contributed by atoms with Gasteiger partial charge in [0.2, 0.25) is 0 Å². The first kappa shape index (κ1) is 15.6. The van der Waals surface area contributed by atoms with Crippen LogP contribution in [0.3, 0.4) is 0 Å². The van der Waals surface area contributed by atoms with Crippen LogP contribution in [0.5, 0.6) is 0 Å². The Morgan fingerprint density at radius 1 is 1.23 bits per heavy atom. The van der Waals surface area contributed by atoms with E-state index in [0.717, 1.165) is 23.6 Å². The van der Waals surface area contributed by atoms with Crippen LogP contribution >= 0.6 is 24.4 Å². The molecule has 0 bridgehead atoms. The largest absolute Gasteiger partial charge is 0.383 e. The maximum absolute atomic E-state index is 5.96. The molecular weight excluding hydrogens is 312 g/mol. The second-order valence-corrected chi connectivity index (χ2v) is 6.87. The standard InChI is InChI=1S/C16H20N4S2/c1-9(15-19-14(17)13(21)16(20-15)22-2)12-7-10-5-3-4-6-11(10)8-18-12/h7-9,21H,3-6H2,1-2H3,(H2,17,19,20). The van der Waals surface area contributed by atoms with Gasteiger partial charge in [0.1, 0.15) is 16.7 Å². The molecular formula is C16H20N4S2. The second-order valence-electron chi connectivity index (χ2n) is 5.63. The summed E-state index contributed by atoms with van der Waals surface area (Å²) >= 11 is 5.90. The first-order valence-corrected chi connectivity index (χ1v) is 9.15. The highest BCUT2D eigenvalue weighted by molar-refractivity contribution is 7.99. The molecule has 0 spiro atoms. The molecule has 0 saturated heterocycles. The smallest absolute Gasteiger partial charge is 0.141 e. The van der Waals surface area contributed by atoms with Gasteiger partial charge in [-0.15, -0.1) is 24.4 Å². The fourth-order valence-corrected chi connectivity index (χ4v) is 3.66. The van der Waals surface area contributed by atoms with E-state index >= 15 is 0 Å². The fraction of sp³-hybridized carbons (Fsp3) is 0.438. The second kappa shape index (κ2) is 6.46. The van der Waals surface area contributed by atoms with E-state index < -0.39 is 0 Å². The number of anilines is 1. The van der Waals surface area contributed by atoms with Crippen LogP contribution in [0.25, 0.3) is 0 Å². The zero-order valence-corrected chi connectivity index (χ0v) is 14.5. The number of hydrogen-bond donors (Lipinski definition) is 2. The molecule has 116 valence electrons. The van der Waals surface area contributed by atoms with Crippen molar-refractivity contribution in [3.63, 3.8) is 0 Å². The number of thiol groups is 1. The Labute approximate surface area is 140 Å². The predicted octanol–water partition coefficient (Wildman–Crippen LogP) is 3.50. The van der Waals surface area contributed by atoms with Crippen molar-refractivity contribution in [1.29, 1.82) is 0 Å². The molecule has 0 amide bonds. The lowest BCUT2D eigenvalue weighted by Gasteiger charge is -2.18. The zero-order chi connectivity index (χ0) is 15.7. The molecule has 0 fully saturated rings. The highest BCUT2D eigenvalue weighted by Gasteiger charge is 2.19. The van der Waals surface area contributed by atoms with Gasteiger partial charge in [0.25, 0.3) is 0 Å². The first-order valence-electron chi connectivity index (χ1n) is 7.48. The number of thioether (sulfide) groups is 1. The molecule has 0 aromatic carbocycles. The summed E-state index contributed by atoms with van der Waals surface area (Å²) < 4.78 is 0. The molecule has 2 N–H and O–H groups in total. The van der Waals surface area contributed by atoms with Gasteiger partial charge in [0.15, 0.2) is 0 Å². The lowest BCUT2D eigenvalue weighted by atomic mass is 9.91. The molecule has 0 radical (unpaired) electrons. The van der Waals surface area contributed by atoms with Crippen LogP contribution in [0.2, 0.25) is 0 Å². The number of fused-ring (bicyclic) bond motifs is 1. The summed E-state index contributed by atoms with van der Waals surface area (Å²) in [5.74, 6) is 1.17. The van der Waals surface area contributed by atoms with Gasteiger partial charge in [0, 0.05) is 6.20 Å². The van der Waals surface area contributed by atoms with Crippen molar-refractivity contribution in [3.8, 4) is 0 Å². The van der Waals surface area contributed by atoms with Gasteiger partial charge in [-0.2, -0.15) is 0 Å². The van der Waals surface area contributed by atoms with Gasteiger partial charge in [0.05, 0.1) is 16.5 Å². The number of pyridine rings is 1. The van der Waals surface area contributed by atoms with Crippen molar-refractivity contribution in [3.05, 3.63) is 34.9 Å². The Morgan fingerprint density at radius 3 is 2.68 bits per heavy atom. The minimum atomic E-state index is 0.0226. The van der Waals surface area contributed by atoms with E-state index in [1.807, 2.05) is 12.5 Å². The van der Waals surface area contributed by atoms with Crippen LogP contribution in [-0.2, 0) is 12.8 Å². The molecule has 22 heavy (non-hydrogen) atoms. The van der Waals surface area contributed by atoms with Crippen LogP contribution in [0.1, 0.15) is 48.3 Å². The van der Waals surface area contributed by atoms with E-state index in [0.29, 0.717) is 16.5 Å². The van der Waals surface area contributed by atoms with Gasteiger partial charge in [-0.25, -0.2) is 9.97 Å².